The first-order valence-electron chi connectivity index (χ1n) is 0.567. The quantitative estimate of drug-likeness (QED) is 0.484. The van der Waals surface area contributed by atoms with Gasteiger partial charge in [0.25, 0.3) is 0 Å². The van der Waals surface area contributed by atoms with Crippen molar-refractivity contribution < 1.29 is 60.2 Å². The largest absolute Gasteiger partial charge is 1.00 e. The van der Waals surface area contributed by atoms with Gasteiger partial charge in [0.2, 0.25) is 0 Å². The van der Waals surface area contributed by atoms with Gasteiger partial charge in [0.05, 0.1) is 0 Å². The van der Waals surface area contributed by atoms with Crippen LogP contribution in [0.1, 0.15) is 0 Å². The minimum absolute atomic E-state index is 0. The van der Waals surface area contributed by atoms with Crippen molar-refractivity contribution in [2.75, 3.05) is 0 Å². The van der Waals surface area contributed by atoms with Gasteiger partial charge in [0.1, 0.15) is 0 Å². The third kappa shape index (κ3) is 26.6. The second kappa shape index (κ2) is 11.2. The van der Waals surface area contributed by atoms with Crippen LogP contribution in [0.3, 0.4) is 0 Å². The van der Waals surface area contributed by atoms with Gasteiger partial charge in [-0.2, -0.15) is 0 Å². The van der Waals surface area contributed by atoms with E-state index in [-0.39, 0.29) is 38.0 Å². The molecule has 0 aromatic heterocycles. The number of hydrogen-bond donors (Lipinski definition) is 0. The minimum Gasteiger partial charge on any atom is 1.00 e. The van der Waals surface area contributed by atoms with Crippen molar-refractivity contribution in [2.45, 2.75) is 0 Å². The maximum absolute atomic E-state index is 5.02. The summed E-state index contributed by atoms with van der Waals surface area (Å²) in [6.45, 7) is 0. The summed E-state index contributed by atoms with van der Waals surface area (Å²) in [5.41, 5.74) is 15.1. The average Bonchev–Trinajstić information content (AvgIpc) is 0.811. The van der Waals surface area contributed by atoms with Gasteiger partial charge in [-0.25, -0.2) is 0 Å². The Morgan fingerprint density at radius 3 is 1.00 bits per heavy atom. The van der Waals surface area contributed by atoms with Crippen molar-refractivity contribution in [3.05, 3.63) is 0 Å². The van der Waals surface area contributed by atoms with E-state index in [1.54, 1.807) is 0 Å². The van der Waals surface area contributed by atoms with Crippen molar-refractivity contribution in [2.24, 2.45) is 0 Å². The Bertz CT molecular complexity index is 15.5. The molecule has 6 heavy (non-hydrogen) atoms. The molecule has 29 valence electrons. The molecule has 0 spiro atoms. The fraction of sp³-hybridized carbons (Fsp3) is 0. The number of halogens is 3. The van der Waals surface area contributed by atoms with E-state index in [2.05, 4.69) is 0 Å². The van der Waals surface area contributed by atoms with Crippen LogP contribution < -0.4 is 29.6 Å². The van der Waals surface area contributed by atoms with Crippen LogP contribution in [-0.4, -0.2) is 8.41 Å². The molecular weight excluding hydrogens is 280 g/mol. The third-order valence-corrected chi connectivity index (χ3v) is 0. The molecule has 0 saturated carbocycles. The molecule has 6 heteroatoms. The summed E-state index contributed by atoms with van der Waals surface area (Å²) in [6, 6.07) is 0. The predicted octanol–water partition coefficient (Wildman–Crippen LogP) is -1.31. The first kappa shape index (κ1) is 16.1. The van der Waals surface area contributed by atoms with Gasteiger partial charge in [0, 0.05) is 0 Å². The molecular formula is BCeCl3Na. The molecule has 0 fully saturated rings. The van der Waals surface area contributed by atoms with Crippen LogP contribution in [-0.2, 0) is 0 Å². The predicted molar refractivity (Wildman–Crippen MR) is 23.3 cm³/mol. The van der Waals surface area contributed by atoms with Crippen molar-refractivity contribution >= 4 is 25.3 Å². The van der Waals surface area contributed by atoms with Crippen LogP contribution in [0.4, 0.5) is 0 Å². The fourth-order valence-electron chi connectivity index (χ4n) is 0. The zero-order chi connectivity index (χ0) is 3.58. The molecule has 0 atom stereocenters. The molecule has 0 aliphatic carbocycles. The van der Waals surface area contributed by atoms with Crippen molar-refractivity contribution in [1.29, 1.82) is 0 Å². The summed E-state index contributed by atoms with van der Waals surface area (Å²) >= 11 is -2.24. The maximum atomic E-state index is 5.02. The molecule has 4 radical (unpaired) electrons. The molecule has 0 N–H and O–H groups in total. The van der Waals surface area contributed by atoms with Gasteiger partial charge < -0.3 is 8.41 Å². The monoisotopic (exact) mass is 279 g/mol. The fourth-order valence-corrected chi connectivity index (χ4v) is 0. The molecule has 0 aromatic rings. The second-order valence-electron chi connectivity index (χ2n) is 0.214. The molecule has 0 aliphatic heterocycles. The van der Waals surface area contributed by atoms with E-state index >= 15 is 0 Å². The van der Waals surface area contributed by atoms with Gasteiger partial charge in [-0.15, -0.1) is 0 Å². The van der Waals surface area contributed by atoms with E-state index in [1.807, 2.05) is 0 Å². The van der Waals surface area contributed by atoms with Crippen LogP contribution in [0, 0.1) is 30.7 Å². The Morgan fingerprint density at radius 1 is 1.00 bits per heavy atom. The van der Waals surface area contributed by atoms with Crippen LogP contribution in [0.25, 0.3) is 0 Å². The van der Waals surface area contributed by atoms with E-state index in [1.165, 1.54) is 0 Å². The van der Waals surface area contributed by atoms with Crippen LogP contribution in [0.15, 0.2) is 0 Å². The SMILES string of the molecule is [B-].[Cl][Ce]([Cl])[Cl].[Na+]. The van der Waals surface area contributed by atoms with Gasteiger partial charge >= 0.3 is 77.1 Å². The van der Waals surface area contributed by atoms with Crippen LogP contribution in [0.5, 0.6) is 0 Å². The molecule has 0 amide bonds. The van der Waals surface area contributed by atoms with Gasteiger partial charge in [-0.1, -0.05) is 0 Å². The van der Waals surface area contributed by atoms with E-state index in [0.717, 1.165) is 0 Å². The van der Waals surface area contributed by atoms with Gasteiger partial charge in [0.15, 0.2) is 0 Å². The first-order valence-corrected chi connectivity index (χ1v) is 12.4. The van der Waals surface area contributed by atoms with Crippen molar-refractivity contribution in [3.63, 3.8) is 0 Å². The molecule has 0 aliphatic rings. The van der Waals surface area contributed by atoms with Crippen molar-refractivity contribution in [1.82, 2.24) is 0 Å². The first-order chi connectivity index (χ1) is 1.73. The van der Waals surface area contributed by atoms with E-state index in [0.29, 0.717) is 0 Å². The zero-order valence-corrected chi connectivity index (χ0v) is 10.6. The molecule has 0 heterocycles. The summed E-state index contributed by atoms with van der Waals surface area (Å²) in [7, 11) is 0. The molecule has 0 saturated heterocycles. The Balaban J connectivity index is -0.0000000450. The van der Waals surface area contributed by atoms with Crippen molar-refractivity contribution in [3.8, 4) is 0 Å². The molecule has 0 nitrogen and oxygen atoms in total. The smallest absolute Gasteiger partial charge is 1.00 e. The summed E-state index contributed by atoms with van der Waals surface area (Å²) in [6.07, 6.45) is 0. The van der Waals surface area contributed by atoms with Crippen LogP contribution in [0.2, 0.25) is 0 Å². The Labute approximate surface area is 83.0 Å². The zero-order valence-electron chi connectivity index (χ0n) is 3.21. The van der Waals surface area contributed by atoms with E-state index < -0.39 is 30.7 Å². The Hall–Kier alpha value is 3.31. The van der Waals surface area contributed by atoms with E-state index in [4.69, 9.17) is 16.9 Å². The van der Waals surface area contributed by atoms with Crippen LogP contribution >= 0.6 is 16.9 Å². The summed E-state index contributed by atoms with van der Waals surface area (Å²) < 4.78 is 0. The Kier molecular flexibility index (Phi) is 30.0. The molecule has 0 bridgehead atoms. The van der Waals surface area contributed by atoms with Gasteiger partial charge in [-0.3, -0.25) is 0 Å². The number of hydrogen-bond acceptors (Lipinski definition) is 0. The summed E-state index contributed by atoms with van der Waals surface area (Å²) in [5, 5.41) is 0. The topological polar surface area (TPSA) is 0 Å². The standard InChI is InChI=1S/B.Ce.3ClH.Na/h;;3*1H;/q-1;+3;;;;+1/p-3. The second-order valence-corrected chi connectivity index (χ2v) is 14.0. The molecule has 0 unspecified atom stereocenters. The third-order valence-electron chi connectivity index (χ3n) is 0. The maximum Gasteiger partial charge on any atom is 1.00 e. The van der Waals surface area contributed by atoms with Gasteiger partial charge in [-0.05, 0) is 0 Å². The molecule has 0 aromatic carbocycles. The molecule has 0 rings (SSSR count). The minimum atomic E-state index is -2.24. The average molecular weight is 280 g/mol. The van der Waals surface area contributed by atoms with E-state index in [9.17, 15) is 0 Å². The summed E-state index contributed by atoms with van der Waals surface area (Å²) in [5.74, 6) is 0. The summed E-state index contributed by atoms with van der Waals surface area (Å²) in [4.78, 5) is 0. The normalized spacial score (nSPS) is 4.50. The number of rotatable bonds is 0. The Morgan fingerprint density at radius 2 is 1.00 bits per heavy atom.